The SMILES string of the molecule is COc1cncc(Cl)c1OC1CC1. The lowest BCUT2D eigenvalue weighted by Gasteiger charge is -2.10. The Kier molecular flexibility index (Phi) is 2.27. The van der Waals surface area contributed by atoms with Gasteiger partial charge in [-0.05, 0) is 12.8 Å². The number of ether oxygens (including phenoxy) is 2. The molecule has 1 aromatic rings. The van der Waals surface area contributed by atoms with Gasteiger partial charge in [-0.2, -0.15) is 0 Å². The van der Waals surface area contributed by atoms with E-state index >= 15 is 0 Å². The molecule has 1 fully saturated rings. The summed E-state index contributed by atoms with van der Waals surface area (Å²) in [5.74, 6) is 1.21. The minimum Gasteiger partial charge on any atom is -0.491 e. The summed E-state index contributed by atoms with van der Waals surface area (Å²) in [5.41, 5.74) is 0. The first-order chi connectivity index (χ1) is 6.31. The number of rotatable bonds is 3. The summed E-state index contributed by atoms with van der Waals surface area (Å²) in [6, 6.07) is 0. The molecule has 0 radical (unpaired) electrons. The van der Waals surface area contributed by atoms with Crippen molar-refractivity contribution in [1.82, 2.24) is 4.98 Å². The third-order valence-electron chi connectivity index (χ3n) is 1.85. The van der Waals surface area contributed by atoms with Gasteiger partial charge in [0.15, 0.2) is 11.5 Å². The van der Waals surface area contributed by atoms with E-state index in [1.54, 1.807) is 19.5 Å². The molecule has 1 aliphatic carbocycles. The largest absolute Gasteiger partial charge is 0.491 e. The second-order valence-electron chi connectivity index (χ2n) is 2.97. The monoisotopic (exact) mass is 199 g/mol. The van der Waals surface area contributed by atoms with Crippen LogP contribution in [0.15, 0.2) is 12.4 Å². The first kappa shape index (κ1) is 8.63. The predicted octanol–water partition coefficient (Wildman–Crippen LogP) is 2.28. The molecule has 1 aromatic heterocycles. The van der Waals surface area contributed by atoms with Crippen LogP contribution >= 0.6 is 11.6 Å². The van der Waals surface area contributed by atoms with Crippen LogP contribution < -0.4 is 9.47 Å². The summed E-state index contributed by atoms with van der Waals surface area (Å²) in [4.78, 5) is 3.91. The van der Waals surface area contributed by atoms with Gasteiger partial charge in [-0.3, -0.25) is 4.98 Å². The van der Waals surface area contributed by atoms with E-state index in [-0.39, 0.29) is 0 Å². The molecule has 1 heterocycles. The van der Waals surface area contributed by atoms with Gasteiger partial charge in [0.1, 0.15) is 5.02 Å². The van der Waals surface area contributed by atoms with Crippen LogP contribution in [0.3, 0.4) is 0 Å². The van der Waals surface area contributed by atoms with Crippen molar-refractivity contribution in [3.8, 4) is 11.5 Å². The zero-order chi connectivity index (χ0) is 9.26. The number of nitrogens with zero attached hydrogens (tertiary/aromatic N) is 1. The first-order valence-electron chi connectivity index (χ1n) is 4.15. The summed E-state index contributed by atoms with van der Waals surface area (Å²) in [7, 11) is 1.58. The lowest BCUT2D eigenvalue weighted by Crippen LogP contribution is -1.99. The standard InChI is InChI=1S/C9H10ClNO2/c1-12-8-5-11-4-7(10)9(8)13-6-2-3-6/h4-6H,2-3H2,1H3. The molecule has 0 unspecified atom stereocenters. The Morgan fingerprint density at radius 1 is 1.46 bits per heavy atom. The maximum atomic E-state index is 5.91. The fourth-order valence-corrected chi connectivity index (χ4v) is 1.21. The van der Waals surface area contributed by atoms with Gasteiger partial charge in [-0.15, -0.1) is 0 Å². The van der Waals surface area contributed by atoms with Gasteiger partial charge in [0.2, 0.25) is 0 Å². The summed E-state index contributed by atoms with van der Waals surface area (Å²) < 4.78 is 10.7. The van der Waals surface area contributed by atoms with Crippen molar-refractivity contribution in [1.29, 1.82) is 0 Å². The molecule has 0 aliphatic heterocycles. The molecule has 0 spiro atoms. The molecule has 1 saturated carbocycles. The molecule has 0 bridgehead atoms. The normalized spacial score (nSPS) is 15.5. The highest BCUT2D eigenvalue weighted by molar-refractivity contribution is 6.32. The smallest absolute Gasteiger partial charge is 0.183 e. The molecule has 0 aromatic carbocycles. The predicted molar refractivity (Wildman–Crippen MR) is 49.4 cm³/mol. The Morgan fingerprint density at radius 2 is 2.23 bits per heavy atom. The van der Waals surface area contributed by atoms with Crippen molar-refractivity contribution in [3.63, 3.8) is 0 Å². The summed E-state index contributed by atoms with van der Waals surface area (Å²) in [5, 5.41) is 0.506. The first-order valence-corrected chi connectivity index (χ1v) is 4.53. The second-order valence-corrected chi connectivity index (χ2v) is 3.38. The highest BCUT2D eigenvalue weighted by Crippen LogP contribution is 2.37. The van der Waals surface area contributed by atoms with E-state index in [2.05, 4.69) is 4.98 Å². The minimum atomic E-state index is 0.314. The second kappa shape index (κ2) is 3.42. The van der Waals surface area contributed by atoms with Crippen LogP contribution in [-0.2, 0) is 0 Å². The highest BCUT2D eigenvalue weighted by Gasteiger charge is 2.26. The Balaban J connectivity index is 2.27. The fourth-order valence-electron chi connectivity index (χ4n) is 1.02. The van der Waals surface area contributed by atoms with E-state index in [0.717, 1.165) is 12.8 Å². The zero-order valence-corrected chi connectivity index (χ0v) is 8.04. The van der Waals surface area contributed by atoms with Crippen molar-refractivity contribution < 1.29 is 9.47 Å². The quantitative estimate of drug-likeness (QED) is 0.749. The van der Waals surface area contributed by atoms with E-state index in [1.165, 1.54) is 0 Å². The van der Waals surface area contributed by atoms with Crippen LogP contribution in [0.5, 0.6) is 11.5 Å². The molecule has 70 valence electrons. The fraction of sp³-hybridized carbons (Fsp3) is 0.444. The zero-order valence-electron chi connectivity index (χ0n) is 7.29. The van der Waals surface area contributed by atoms with Gasteiger partial charge in [0, 0.05) is 6.20 Å². The maximum absolute atomic E-state index is 5.91. The molecular weight excluding hydrogens is 190 g/mol. The van der Waals surface area contributed by atoms with Gasteiger partial charge < -0.3 is 9.47 Å². The van der Waals surface area contributed by atoms with E-state index in [1.807, 2.05) is 0 Å². The van der Waals surface area contributed by atoms with Crippen LogP contribution in [-0.4, -0.2) is 18.2 Å². The van der Waals surface area contributed by atoms with Crippen LogP contribution in [0.25, 0.3) is 0 Å². The lowest BCUT2D eigenvalue weighted by atomic mass is 10.4. The van der Waals surface area contributed by atoms with Gasteiger partial charge in [0.25, 0.3) is 0 Å². The molecule has 0 amide bonds. The molecule has 4 heteroatoms. The highest BCUT2D eigenvalue weighted by atomic mass is 35.5. The number of aromatic nitrogens is 1. The van der Waals surface area contributed by atoms with E-state index in [0.29, 0.717) is 22.6 Å². The molecule has 0 N–H and O–H groups in total. The molecule has 0 saturated heterocycles. The van der Waals surface area contributed by atoms with Crippen molar-refractivity contribution in [2.75, 3.05) is 7.11 Å². The number of halogens is 1. The average molecular weight is 200 g/mol. The van der Waals surface area contributed by atoms with Gasteiger partial charge in [0.05, 0.1) is 19.4 Å². The summed E-state index contributed by atoms with van der Waals surface area (Å²) in [6.07, 6.45) is 5.67. The topological polar surface area (TPSA) is 31.4 Å². The Bertz CT molecular complexity index is 312. The van der Waals surface area contributed by atoms with Crippen LogP contribution in [0.2, 0.25) is 5.02 Å². The Hall–Kier alpha value is -0.960. The number of pyridine rings is 1. The van der Waals surface area contributed by atoms with Crippen molar-refractivity contribution in [3.05, 3.63) is 17.4 Å². The Labute approximate surface area is 81.6 Å². The number of hydrogen-bond donors (Lipinski definition) is 0. The third-order valence-corrected chi connectivity index (χ3v) is 2.12. The number of hydrogen-bond acceptors (Lipinski definition) is 3. The molecular formula is C9H10ClNO2. The van der Waals surface area contributed by atoms with Crippen LogP contribution in [0.1, 0.15) is 12.8 Å². The number of methoxy groups -OCH3 is 1. The average Bonchev–Trinajstić information content (AvgIpc) is 2.92. The van der Waals surface area contributed by atoms with Gasteiger partial charge >= 0.3 is 0 Å². The van der Waals surface area contributed by atoms with Crippen molar-refractivity contribution >= 4 is 11.6 Å². The van der Waals surface area contributed by atoms with E-state index < -0.39 is 0 Å². The van der Waals surface area contributed by atoms with E-state index in [9.17, 15) is 0 Å². The Morgan fingerprint density at radius 3 is 2.85 bits per heavy atom. The van der Waals surface area contributed by atoms with Crippen LogP contribution in [0, 0.1) is 0 Å². The summed E-state index contributed by atoms with van der Waals surface area (Å²) in [6.45, 7) is 0. The summed E-state index contributed by atoms with van der Waals surface area (Å²) >= 11 is 5.91. The maximum Gasteiger partial charge on any atom is 0.183 e. The molecule has 3 nitrogen and oxygen atoms in total. The van der Waals surface area contributed by atoms with Gasteiger partial charge in [-0.1, -0.05) is 11.6 Å². The molecule has 0 atom stereocenters. The minimum absolute atomic E-state index is 0.314. The van der Waals surface area contributed by atoms with Crippen molar-refractivity contribution in [2.24, 2.45) is 0 Å². The lowest BCUT2D eigenvalue weighted by molar-refractivity contribution is 0.281. The van der Waals surface area contributed by atoms with Crippen molar-refractivity contribution in [2.45, 2.75) is 18.9 Å². The molecule has 1 aliphatic rings. The van der Waals surface area contributed by atoms with E-state index in [4.69, 9.17) is 21.1 Å². The van der Waals surface area contributed by atoms with Gasteiger partial charge in [-0.25, -0.2) is 0 Å². The molecule has 13 heavy (non-hydrogen) atoms. The molecule has 2 rings (SSSR count). The third kappa shape index (κ3) is 1.86. The van der Waals surface area contributed by atoms with Crippen LogP contribution in [0.4, 0.5) is 0 Å².